The van der Waals surface area contributed by atoms with Gasteiger partial charge in [0.15, 0.2) is 6.54 Å². The highest BCUT2D eigenvalue weighted by Gasteiger charge is 2.46. The van der Waals surface area contributed by atoms with E-state index in [1.165, 1.54) is 0 Å². The lowest BCUT2D eigenvalue weighted by Gasteiger charge is -2.29. The Bertz CT molecular complexity index is 917. The molecule has 3 aliphatic rings. The number of nitrogens with zero attached hydrogens (tertiary/aromatic N) is 7. The van der Waals surface area contributed by atoms with Crippen molar-refractivity contribution in [2.24, 2.45) is 0 Å². The fourth-order valence-electron chi connectivity index (χ4n) is 4.70. The number of likely N-dealkylation sites (N-methyl/N-ethyl adjacent to an activating group) is 1. The van der Waals surface area contributed by atoms with Gasteiger partial charge in [-0.1, -0.05) is 0 Å². The zero-order valence-corrected chi connectivity index (χ0v) is 18.9. The molecular formula is C22H32N7O2+. The van der Waals surface area contributed by atoms with Crippen LogP contribution in [0, 0.1) is 11.3 Å². The van der Waals surface area contributed by atoms with Gasteiger partial charge >= 0.3 is 6.09 Å². The summed E-state index contributed by atoms with van der Waals surface area (Å²) in [5.41, 5.74) is -0.123. The number of nitriles is 1. The van der Waals surface area contributed by atoms with Crippen LogP contribution in [0.3, 0.4) is 0 Å². The molecular weight excluding hydrogens is 394 g/mol. The first-order chi connectivity index (χ1) is 14.7. The second kappa shape index (κ2) is 8.33. The Morgan fingerprint density at radius 3 is 2.71 bits per heavy atom. The van der Waals surface area contributed by atoms with Crippen molar-refractivity contribution < 1.29 is 14.1 Å². The number of carbonyl (C=O) groups is 1. The molecule has 2 atom stereocenters. The minimum atomic E-state index is -0.505. The molecule has 4 rings (SSSR count). The summed E-state index contributed by atoms with van der Waals surface area (Å²) >= 11 is 0. The van der Waals surface area contributed by atoms with Crippen molar-refractivity contribution in [3.05, 3.63) is 11.8 Å². The van der Waals surface area contributed by atoms with E-state index in [0.29, 0.717) is 18.2 Å². The molecule has 0 radical (unpaired) electrons. The van der Waals surface area contributed by atoms with Gasteiger partial charge in [-0.05, 0) is 33.6 Å². The lowest BCUT2D eigenvalue weighted by atomic mass is 10.1. The lowest BCUT2D eigenvalue weighted by molar-refractivity contribution is -0.489. The molecule has 4 heterocycles. The molecule has 0 spiro atoms. The van der Waals surface area contributed by atoms with Gasteiger partial charge in [-0.2, -0.15) is 10.2 Å². The summed E-state index contributed by atoms with van der Waals surface area (Å²) in [7, 11) is 2.07. The molecule has 2 unspecified atom stereocenters. The molecule has 0 bridgehead atoms. The average Bonchev–Trinajstić information content (AvgIpc) is 3.24. The average molecular weight is 427 g/mol. The first-order valence-corrected chi connectivity index (χ1v) is 11.1. The van der Waals surface area contributed by atoms with Gasteiger partial charge in [0.1, 0.15) is 36.4 Å². The highest BCUT2D eigenvalue weighted by molar-refractivity contribution is 5.70. The highest BCUT2D eigenvalue weighted by Crippen LogP contribution is 2.35. The first-order valence-electron chi connectivity index (χ1n) is 11.1. The monoisotopic (exact) mass is 426 g/mol. The minimum absolute atomic E-state index is 0.111. The van der Waals surface area contributed by atoms with Crippen LogP contribution in [0.15, 0.2) is 6.07 Å². The van der Waals surface area contributed by atoms with Crippen molar-refractivity contribution in [1.82, 2.24) is 14.9 Å². The summed E-state index contributed by atoms with van der Waals surface area (Å²) in [5, 5.41) is 9.57. The molecule has 9 heteroatoms. The minimum Gasteiger partial charge on any atom is -0.444 e. The van der Waals surface area contributed by atoms with Gasteiger partial charge in [-0.25, -0.2) is 14.4 Å². The maximum atomic E-state index is 12.7. The van der Waals surface area contributed by atoms with E-state index in [1.54, 1.807) is 6.07 Å². The number of amides is 1. The largest absolute Gasteiger partial charge is 0.444 e. The van der Waals surface area contributed by atoms with Gasteiger partial charge in [0.25, 0.3) is 0 Å². The van der Waals surface area contributed by atoms with Gasteiger partial charge in [0, 0.05) is 32.1 Å². The van der Waals surface area contributed by atoms with E-state index in [0.717, 1.165) is 51.3 Å². The fraction of sp³-hybridized carbons (Fsp3) is 0.682. The van der Waals surface area contributed by atoms with Crippen molar-refractivity contribution in [2.75, 3.05) is 49.6 Å². The van der Waals surface area contributed by atoms with Crippen LogP contribution >= 0.6 is 0 Å². The van der Waals surface area contributed by atoms with Gasteiger partial charge in [-0.3, -0.25) is 0 Å². The van der Waals surface area contributed by atoms with E-state index in [-0.39, 0.29) is 18.2 Å². The number of hydrogen-bond acceptors (Lipinski definition) is 7. The van der Waals surface area contributed by atoms with E-state index >= 15 is 0 Å². The fourth-order valence-corrected chi connectivity index (χ4v) is 4.70. The predicted molar refractivity (Wildman–Crippen MR) is 118 cm³/mol. The number of anilines is 2. The SMILES string of the molecule is C[N+]1=CCCN(c2nc(C#N)cc(N3CCC4C3CCN4C(=O)OC(C)(C)C)n2)CC1. The summed E-state index contributed by atoms with van der Waals surface area (Å²) in [6.07, 6.45) is 4.60. The summed E-state index contributed by atoms with van der Waals surface area (Å²) in [6.45, 7) is 9.70. The van der Waals surface area contributed by atoms with Crippen molar-refractivity contribution >= 4 is 24.1 Å². The van der Waals surface area contributed by atoms with Crippen molar-refractivity contribution in [3.8, 4) is 6.07 Å². The molecule has 1 amide bonds. The van der Waals surface area contributed by atoms with Crippen molar-refractivity contribution in [2.45, 2.75) is 57.7 Å². The molecule has 2 fully saturated rings. The van der Waals surface area contributed by atoms with Crippen LogP contribution in [-0.4, -0.2) is 89.2 Å². The van der Waals surface area contributed by atoms with E-state index in [1.807, 2.05) is 25.7 Å². The van der Waals surface area contributed by atoms with Gasteiger partial charge < -0.3 is 19.4 Å². The van der Waals surface area contributed by atoms with E-state index in [2.05, 4.69) is 38.7 Å². The highest BCUT2D eigenvalue weighted by atomic mass is 16.6. The quantitative estimate of drug-likeness (QED) is 0.667. The molecule has 9 nitrogen and oxygen atoms in total. The van der Waals surface area contributed by atoms with Gasteiger partial charge in [0.2, 0.25) is 5.95 Å². The third-order valence-corrected chi connectivity index (χ3v) is 6.16. The molecule has 2 saturated heterocycles. The van der Waals surface area contributed by atoms with Crippen molar-refractivity contribution in [1.29, 1.82) is 5.26 Å². The predicted octanol–water partition coefficient (Wildman–Crippen LogP) is 1.86. The second-order valence-corrected chi connectivity index (χ2v) is 9.54. The van der Waals surface area contributed by atoms with E-state index in [4.69, 9.17) is 9.72 Å². The summed E-state index contributed by atoms with van der Waals surface area (Å²) in [5.74, 6) is 1.39. The number of rotatable bonds is 2. The molecule has 0 aromatic carbocycles. The molecule has 1 aromatic heterocycles. The second-order valence-electron chi connectivity index (χ2n) is 9.54. The number of ether oxygens (including phenoxy) is 1. The normalized spacial score (nSPS) is 23.8. The van der Waals surface area contributed by atoms with Crippen molar-refractivity contribution in [3.63, 3.8) is 0 Å². The number of aromatic nitrogens is 2. The third kappa shape index (κ3) is 4.58. The molecule has 0 saturated carbocycles. The molecule has 1 aromatic rings. The summed E-state index contributed by atoms with van der Waals surface area (Å²) in [6, 6.07) is 4.27. The molecule has 166 valence electrons. The maximum Gasteiger partial charge on any atom is 0.410 e. The third-order valence-electron chi connectivity index (χ3n) is 6.16. The Balaban J connectivity index is 1.54. The smallest absolute Gasteiger partial charge is 0.410 e. The number of fused-ring (bicyclic) bond motifs is 1. The van der Waals surface area contributed by atoms with Crippen LogP contribution in [0.5, 0.6) is 0 Å². The van der Waals surface area contributed by atoms with Crippen LogP contribution in [-0.2, 0) is 4.74 Å². The Hall–Kier alpha value is -2.89. The van der Waals surface area contributed by atoms with E-state index in [9.17, 15) is 10.1 Å². The van der Waals surface area contributed by atoms with Gasteiger partial charge in [0.05, 0.1) is 18.6 Å². The number of likely N-dealkylation sites (tertiary alicyclic amines) is 1. The molecule has 31 heavy (non-hydrogen) atoms. The summed E-state index contributed by atoms with van der Waals surface area (Å²) < 4.78 is 7.80. The zero-order valence-electron chi connectivity index (χ0n) is 18.9. The van der Waals surface area contributed by atoms with Crippen LogP contribution < -0.4 is 9.80 Å². The molecule has 3 aliphatic heterocycles. The number of carbonyl (C=O) groups excluding carboxylic acids is 1. The Morgan fingerprint density at radius 2 is 1.97 bits per heavy atom. The van der Waals surface area contributed by atoms with Crippen LogP contribution in [0.1, 0.15) is 45.7 Å². The van der Waals surface area contributed by atoms with E-state index < -0.39 is 5.60 Å². The van der Waals surface area contributed by atoms with Gasteiger partial charge in [-0.15, -0.1) is 0 Å². The zero-order chi connectivity index (χ0) is 22.2. The molecule has 0 N–H and O–H groups in total. The Kier molecular flexibility index (Phi) is 5.73. The van der Waals surface area contributed by atoms with Crippen LogP contribution in [0.2, 0.25) is 0 Å². The lowest BCUT2D eigenvalue weighted by Crippen LogP contribution is -2.42. The number of hydrogen-bond donors (Lipinski definition) is 0. The Labute approximate surface area is 183 Å². The molecule has 0 aliphatic carbocycles. The van der Waals surface area contributed by atoms with Crippen LogP contribution in [0.4, 0.5) is 16.6 Å². The summed E-state index contributed by atoms with van der Waals surface area (Å²) in [4.78, 5) is 28.3. The first kappa shape index (κ1) is 21.3. The Morgan fingerprint density at radius 1 is 1.19 bits per heavy atom. The standard InChI is InChI=1S/C22H32N7O2/c1-22(2,3)31-21(30)29-11-7-17-18(29)6-10-28(17)19-14-16(15-23)24-20(25-19)27-9-5-8-26(4)12-13-27/h8,14,17-18H,5-7,9-13H2,1-4H3/q+1. The topological polar surface area (TPSA) is 88.6 Å². The van der Waals surface area contributed by atoms with Crippen LogP contribution in [0.25, 0.3) is 0 Å². The maximum absolute atomic E-state index is 12.7.